The number of ether oxygens (including phenoxy) is 1. The molecule has 0 bridgehead atoms. The number of carbonyl (C=O) groups is 1. The van der Waals surface area contributed by atoms with Crippen LogP contribution in [0.15, 0.2) is 39.9 Å². The molecule has 0 amide bonds. The van der Waals surface area contributed by atoms with Gasteiger partial charge in [0.15, 0.2) is 11.7 Å². The predicted molar refractivity (Wildman–Crippen MR) is 112 cm³/mol. The lowest BCUT2D eigenvalue weighted by molar-refractivity contribution is -0.149. The van der Waals surface area contributed by atoms with Gasteiger partial charge < -0.3 is 19.8 Å². The highest BCUT2D eigenvalue weighted by molar-refractivity contribution is 5.80. The third-order valence-electron chi connectivity index (χ3n) is 5.21. The molecule has 7 heteroatoms. The van der Waals surface area contributed by atoms with Gasteiger partial charge >= 0.3 is 5.97 Å². The standard InChI is InChI=1S/C22H30N4O3/c1-4-28-21(27)17-9-11-18(12-10-17)26-22(23-3)25-14-20-24-13-19(29-20)16-7-5-15(2)6-8-16/h5-8,13,17-18H,4,9-12,14H2,1-3H3,(H2,23,25,26). The van der Waals surface area contributed by atoms with Crippen molar-refractivity contribution in [1.29, 1.82) is 0 Å². The third kappa shape index (κ3) is 5.82. The van der Waals surface area contributed by atoms with Gasteiger partial charge in [-0.25, -0.2) is 4.98 Å². The number of esters is 1. The van der Waals surface area contributed by atoms with E-state index < -0.39 is 0 Å². The number of aryl methyl sites for hydroxylation is 1. The number of nitrogens with zero attached hydrogens (tertiary/aromatic N) is 2. The Labute approximate surface area is 172 Å². The van der Waals surface area contributed by atoms with Gasteiger partial charge in [-0.1, -0.05) is 29.8 Å². The molecule has 7 nitrogen and oxygen atoms in total. The molecule has 29 heavy (non-hydrogen) atoms. The molecule has 0 aliphatic heterocycles. The van der Waals surface area contributed by atoms with E-state index in [0.29, 0.717) is 31.0 Å². The Balaban J connectivity index is 1.47. The minimum atomic E-state index is -0.0678. The smallest absolute Gasteiger partial charge is 0.308 e. The van der Waals surface area contributed by atoms with Crippen molar-refractivity contribution in [3.8, 4) is 11.3 Å². The van der Waals surface area contributed by atoms with Gasteiger partial charge in [0.25, 0.3) is 0 Å². The third-order valence-corrected chi connectivity index (χ3v) is 5.21. The van der Waals surface area contributed by atoms with Crippen molar-refractivity contribution >= 4 is 11.9 Å². The Hall–Kier alpha value is -2.83. The van der Waals surface area contributed by atoms with E-state index in [-0.39, 0.29) is 11.9 Å². The average Bonchev–Trinajstić information content (AvgIpc) is 3.21. The number of aliphatic imine (C=N–C) groups is 1. The van der Waals surface area contributed by atoms with Gasteiger partial charge in [0, 0.05) is 18.7 Å². The maximum atomic E-state index is 11.9. The molecule has 1 heterocycles. The van der Waals surface area contributed by atoms with E-state index in [4.69, 9.17) is 9.15 Å². The van der Waals surface area contributed by atoms with Crippen LogP contribution in [0, 0.1) is 12.8 Å². The molecular weight excluding hydrogens is 368 g/mol. The first-order chi connectivity index (χ1) is 14.1. The number of nitrogens with one attached hydrogen (secondary N) is 2. The van der Waals surface area contributed by atoms with Crippen LogP contribution in [0.3, 0.4) is 0 Å². The van der Waals surface area contributed by atoms with Crippen molar-refractivity contribution in [2.75, 3.05) is 13.7 Å². The first-order valence-corrected chi connectivity index (χ1v) is 10.2. The highest BCUT2D eigenvalue weighted by Gasteiger charge is 2.27. The van der Waals surface area contributed by atoms with E-state index in [2.05, 4.69) is 39.7 Å². The number of guanidine groups is 1. The second-order valence-corrected chi connectivity index (χ2v) is 7.35. The van der Waals surface area contributed by atoms with Crippen molar-refractivity contribution in [1.82, 2.24) is 15.6 Å². The summed E-state index contributed by atoms with van der Waals surface area (Å²) in [5.41, 5.74) is 2.22. The maximum absolute atomic E-state index is 11.9. The lowest BCUT2D eigenvalue weighted by atomic mass is 9.86. The maximum Gasteiger partial charge on any atom is 0.308 e. The topological polar surface area (TPSA) is 88.8 Å². The number of aromatic nitrogens is 1. The van der Waals surface area contributed by atoms with Gasteiger partial charge in [-0.3, -0.25) is 9.79 Å². The average molecular weight is 399 g/mol. The zero-order chi connectivity index (χ0) is 20.6. The predicted octanol–water partition coefficient (Wildman–Crippen LogP) is 3.44. The fourth-order valence-electron chi connectivity index (χ4n) is 3.52. The molecule has 1 aromatic carbocycles. The van der Waals surface area contributed by atoms with Crippen LogP contribution in [-0.2, 0) is 16.1 Å². The van der Waals surface area contributed by atoms with Crippen LogP contribution >= 0.6 is 0 Å². The highest BCUT2D eigenvalue weighted by Crippen LogP contribution is 2.25. The van der Waals surface area contributed by atoms with Crippen molar-refractivity contribution < 1.29 is 13.9 Å². The van der Waals surface area contributed by atoms with Gasteiger partial charge in [0.2, 0.25) is 5.89 Å². The normalized spacial score (nSPS) is 19.6. The Morgan fingerprint density at radius 2 is 1.97 bits per heavy atom. The van der Waals surface area contributed by atoms with Gasteiger partial charge in [-0.2, -0.15) is 0 Å². The molecule has 1 aliphatic carbocycles. The molecule has 3 rings (SSSR count). The van der Waals surface area contributed by atoms with Crippen molar-refractivity contribution in [2.45, 2.75) is 52.1 Å². The van der Waals surface area contributed by atoms with Crippen molar-refractivity contribution in [3.63, 3.8) is 0 Å². The first-order valence-electron chi connectivity index (χ1n) is 10.2. The van der Waals surface area contributed by atoms with E-state index in [0.717, 1.165) is 37.0 Å². The minimum Gasteiger partial charge on any atom is -0.466 e. The summed E-state index contributed by atoms with van der Waals surface area (Å²) in [6, 6.07) is 8.45. The molecule has 0 atom stereocenters. The quantitative estimate of drug-likeness (QED) is 0.440. The van der Waals surface area contributed by atoms with Gasteiger partial charge in [0.05, 0.1) is 25.3 Å². The largest absolute Gasteiger partial charge is 0.466 e. The van der Waals surface area contributed by atoms with Gasteiger partial charge in [0.1, 0.15) is 0 Å². The van der Waals surface area contributed by atoms with Crippen LogP contribution in [0.25, 0.3) is 11.3 Å². The summed E-state index contributed by atoms with van der Waals surface area (Å²) < 4.78 is 11.0. The monoisotopic (exact) mass is 398 g/mol. The second kappa shape index (κ2) is 10.1. The number of hydrogen-bond donors (Lipinski definition) is 2. The van der Waals surface area contributed by atoms with E-state index >= 15 is 0 Å². The molecule has 1 aromatic heterocycles. The van der Waals surface area contributed by atoms with Gasteiger partial charge in [-0.05, 0) is 39.5 Å². The summed E-state index contributed by atoms with van der Waals surface area (Å²) >= 11 is 0. The van der Waals surface area contributed by atoms with Gasteiger partial charge in [-0.15, -0.1) is 0 Å². The molecule has 0 unspecified atom stereocenters. The minimum absolute atomic E-state index is 0.0236. The van der Waals surface area contributed by atoms with E-state index in [1.165, 1.54) is 5.56 Å². The lowest BCUT2D eigenvalue weighted by Gasteiger charge is -2.28. The molecular formula is C22H30N4O3. The van der Waals surface area contributed by atoms with Crippen LogP contribution in [0.5, 0.6) is 0 Å². The molecule has 1 aliphatic rings. The Bertz CT molecular complexity index is 821. The Morgan fingerprint density at radius 1 is 1.24 bits per heavy atom. The van der Waals surface area contributed by atoms with Crippen LogP contribution in [0.4, 0.5) is 0 Å². The SMILES string of the molecule is CCOC(=O)C1CCC(NC(=NC)NCc2ncc(-c3ccc(C)cc3)o2)CC1. The second-order valence-electron chi connectivity index (χ2n) is 7.35. The number of benzene rings is 1. The van der Waals surface area contributed by atoms with Crippen molar-refractivity contribution in [3.05, 3.63) is 41.9 Å². The molecule has 1 saturated carbocycles. The summed E-state index contributed by atoms with van der Waals surface area (Å²) in [5, 5.41) is 6.68. The van der Waals surface area contributed by atoms with E-state index in [9.17, 15) is 4.79 Å². The summed E-state index contributed by atoms with van der Waals surface area (Å²) in [4.78, 5) is 20.5. The number of carbonyl (C=O) groups excluding carboxylic acids is 1. The zero-order valence-corrected chi connectivity index (χ0v) is 17.4. The number of rotatable bonds is 6. The molecule has 0 spiro atoms. The molecule has 0 radical (unpaired) electrons. The molecule has 2 N–H and O–H groups in total. The Morgan fingerprint density at radius 3 is 2.62 bits per heavy atom. The van der Waals surface area contributed by atoms with E-state index in [1.54, 1.807) is 13.2 Å². The Kier molecular flexibility index (Phi) is 7.27. The fourth-order valence-corrected chi connectivity index (χ4v) is 3.52. The lowest BCUT2D eigenvalue weighted by Crippen LogP contribution is -2.45. The summed E-state index contributed by atoms with van der Waals surface area (Å²) in [5.74, 6) is 2.02. The molecule has 156 valence electrons. The van der Waals surface area contributed by atoms with Crippen LogP contribution in [0.1, 0.15) is 44.1 Å². The summed E-state index contributed by atoms with van der Waals surface area (Å²) in [7, 11) is 1.74. The van der Waals surface area contributed by atoms with E-state index in [1.807, 2.05) is 19.1 Å². The molecule has 0 saturated heterocycles. The van der Waals surface area contributed by atoms with Crippen LogP contribution in [0.2, 0.25) is 0 Å². The molecule has 2 aromatic rings. The molecule has 1 fully saturated rings. The highest BCUT2D eigenvalue weighted by atomic mass is 16.5. The number of oxazole rings is 1. The summed E-state index contributed by atoms with van der Waals surface area (Å²) in [6.07, 6.45) is 5.26. The van der Waals surface area contributed by atoms with Crippen LogP contribution < -0.4 is 10.6 Å². The zero-order valence-electron chi connectivity index (χ0n) is 17.4. The fraction of sp³-hybridized carbons (Fsp3) is 0.500. The summed E-state index contributed by atoms with van der Waals surface area (Å²) in [6.45, 7) is 4.80. The van der Waals surface area contributed by atoms with Crippen LogP contribution in [-0.4, -0.2) is 36.6 Å². The first kappa shape index (κ1) is 20.9. The van der Waals surface area contributed by atoms with Crippen molar-refractivity contribution in [2.24, 2.45) is 10.9 Å². The number of hydrogen-bond acceptors (Lipinski definition) is 5.